The fourth-order valence-electron chi connectivity index (χ4n) is 2.54. The largest absolute Gasteiger partial charge is 0.532 e. The number of nitrogens with zero attached hydrogens (tertiary/aromatic N) is 4. The maximum Gasteiger partial charge on any atom is 0.532 e. The smallest absolute Gasteiger partial charge is 0.493 e. The normalized spacial score (nSPS) is 12.2. The third kappa shape index (κ3) is 6.50. The van der Waals surface area contributed by atoms with E-state index in [-0.39, 0.29) is 0 Å². The van der Waals surface area contributed by atoms with Crippen LogP contribution in [0.5, 0.6) is 0 Å². The Morgan fingerprint density at radius 1 is 0.552 bits per heavy atom. The molecule has 0 aliphatic carbocycles. The lowest BCUT2D eigenvalue weighted by molar-refractivity contribution is 0.400. The highest BCUT2D eigenvalue weighted by Gasteiger charge is 2.48. The molecule has 0 aromatic heterocycles. The second-order valence-corrected chi connectivity index (χ2v) is 9.68. The molecule has 0 fully saturated rings. The Labute approximate surface area is 174 Å². The molecule has 29 heavy (non-hydrogen) atoms. The number of benzene rings is 2. The standard InChI is InChI=1S/C22H28N4O2Si/c1-17(2)23-25-19(5)27-29(21-13-9-7-10-14-21,22-15-11-8-12-16-22)28-20(6)26-24-18(3)4/h7-16H,1-6H3/b25-19+,26-20+. The van der Waals surface area contributed by atoms with Gasteiger partial charge in [0.15, 0.2) is 11.8 Å². The fraction of sp³-hybridized carbons (Fsp3) is 0.273. The molecule has 0 spiro atoms. The van der Waals surface area contributed by atoms with Crippen molar-refractivity contribution in [1.29, 1.82) is 0 Å². The van der Waals surface area contributed by atoms with Crippen LogP contribution in [-0.2, 0) is 8.85 Å². The first kappa shape index (κ1) is 22.2. The summed E-state index contributed by atoms with van der Waals surface area (Å²) < 4.78 is 12.9. The Hall–Kier alpha value is -3.06. The maximum absolute atomic E-state index is 6.47. The zero-order valence-corrected chi connectivity index (χ0v) is 18.9. The first-order valence-corrected chi connectivity index (χ1v) is 11.2. The monoisotopic (exact) mass is 408 g/mol. The van der Waals surface area contributed by atoms with Gasteiger partial charge in [0.05, 0.1) is 0 Å². The minimum atomic E-state index is -3.22. The van der Waals surface area contributed by atoms with Crippen molar-refractivity contribution in [3.63, 3.8) is 0 Å². The molecule has 152 valence electrons. The van der Waals surface area contributed by atoms with Crippen LogP contribution >= 0.6 is 0 Å². The van der Waals surface area contributed by atoms with E-state index in [0.717, 1.165) is 21.8 Å². The van der Waals surface area contributed by atoms with Crippen molar-refractivity contribution >= 4 is 42.2 Å². The van der Waals surface area contributed by atoms with Gasteiger partial charge in [0.1, 0.15) is 0 Å². The quantitative estimate of drug-likeness (QED) is 0.315. The van der Waals surface area contributed by atoms with E-state index in [1.165, 1.54) is 0 Å². The molecule has 2 rings (SSSR count). The molecule has 0 saturated carbocycles. The Morgan fingerprint density at radius 3 is 1.21 bits per heavy atom. The summed E-state index contributed by atoms with van der Waals surface area (Å²) in [5, 5.41) is 18.5. The molecule has 0 aliphatic rings. The molecule has 0 unspecified atom stereocenters. The molecule has 2 aromatic carbocycles. The third-order valence-corrected chi connectivity index (χ3v) is 7.02. The number of hydrogen-bond acceptors (Lipinski definition) is 6. The maximum atomic E-state index is 6.47. The highest BCUT2D eigenvalue weighted by atomic mass is 28.4. The van der Waals surface area contributed by atoms with Gasteiger partial charge in [-0.15, -0.1) is 10.2 Å². The van der Waals surface area contributed by atoms with Gasteiger partial charge in [-0.3, -0.25) is 0 Å². The predicted octanol–water partition coefficient (Wildman–Crippen LogP) is 3.90. The van der Waals surface area contributed by atoms with Crippen molar-refractivity contribution in [1.82, 2.24) is 0 Å². The van der Waals surface area contributed by atoms with Gasteiger partial charge in [-0.2, -0.15) is 10.2 Å². The first-order chi connectivity index (χ1) is 13.8. The van der Waals surface area contributed by atoms with Crippen LogP contribution in [0.25, 0.3) is 0 Å². The number of rotatable bonds is 6. The van der Waals surface area contributed by atoms with E-state index >= 15 is 0 Å². The second kappa shape index (κ2) is 10.5. The Balaban J connectivity index is 2.65. The Morgan fingerprint density at radius 2 is 0.897 bits per heavy atom. The van der Waals surface area contributed by atoms with Crippen molar-refractivity contribution in [3.8, 4) is 0 Å². The summed E-state index contributed by atoms with van der Waals surface area (Å²) >= 11 is 0. The van der Waals surface area contributed by atoms with E-state index in [2.05, 4.69) is 20.4 Å². The van der Waals surface area contributed by atoms with Crippen molar-refractivity contribution in [2.75, 3.05) is 0 Å². The van der Waals surface area contributed by atoms with E-state index in [0.29, 0.717) is 11.8 Å². The lowest BCUT2D eigenvalue weighted by atomic mass is 10.4. The van der Waals surface area contributed by atoms with Crippen molar-refractivity contribution < 1.29 is 8.85 Å². The van der Waals surface area contributed by atoms with Gasteiger partial charge in [-0.05, 0) is 27.7 Å². The van der Waals surface area contributed by atoms with Gasteiger partial charge in [0, 0.05) is 35.6 Å². The Bertz CT molecular complexity index is 837. The van der Waals surface area contributed by atoms with E-state index in [4.69, 9.17) is 8.85 Å². The van der Waals surface area contributed by atoms with E-state index in [1.54, 1.807) is 13.8 Å². The summed E-state index contributed by atoms with van der Waals surface area (Å²) in [6.07, 6.45) is 0. The molecule has 0 saturated heterocycles. The van der Waals surface area contributed by atoms with Crippen LogP contribution in [0.1, 0.15) is 41.5 Å². The van der Waals surface area contributed by atoms with Crippen LogP contribution in [0.3, 0.4) is 0 Å². The molecule has 7 heteroatoms. The summed E-state index contributed by atoms with van der Waals surface area (Å²) in [5.41, 5.74) is 1.68. The van der Waals surface area contributed by atoms with Crippen molar-refractivity contribution in [2.45, 2.75) is 41.5 Å². The van der Waals surface area contributed by atoms with Crippen molar-refractivity contribution in [3.05, 3.63) is 60.7 Å². The summed E-state index contributed by atoms with van der Waals surface area (Å²) in [7, 11) is -3.22. The zero-order valence-electron chi connectivity index (χ0n) is 17.9. The lowest BCUT2D eigenvalue weighted by Gasteiger charge is -2.31. The first-order valence-electron chi connectivity index (χ1n) is 9.43. The molecular formula is C22H28N4O2Si. The molecule has 0 aliphatic heterocycles. The Kier molecular flexibility index (Phi) is 8.03. The minimum Gasteiger partial charge on any atom is -0.493 e. The summed E-state index contributed by atoms with van der Waals surface area (Å²) in [5.74, 6) is 0.849. The second-order valence-electron chi connectivity index (χ2n) is 6.89. The molecule has 0 N–H and O–H groups in total. The van der Waals surface area contributed by atoms with Crippen LogP contribution < -0.4 is 10.4 Å². The van der Waals surface area contributed by atoms with Gasteiger partial charge in [-0.25, -0.2) is 0 Å². The molecule has 0 radical (unpaired) electrons. The highest BCUT2D eigenvalue weighted by molar-refractivity contribution is 6.94. The van der Waals surface area contributed by atoms with Crippen molar-refractivity contribution in [2.24, 2.45) is 20.4 Å². The van der Waals surface area contributed by atoms with Gasteiger partial charge in [0.2, 0.25) is 0 Å². The highest BCUT2D eigenvalue weighted by Crippen LogP contribution is 2.13. The van der Waals surface area contributed by atoms with Crippen LogP contribution in [0, 0.1) is 0 Å². The zero-order chi connectivity index (χ0) is 21.3. The third-order valence-electron chi connectivity index (χ3n) is 3.67. The minimum absolute atomic E-state index is 0.425. The average Bonchev–Trinajstić information content (AvgIpc) is 2.71. The summed E-state index contributed by atoms with van der Waals surface area (Å²) in [6.45, 7) is 11.1. The lowest BCUT2D eigenvalue weighted by Crippen LogP contribution is -2.64. The molecule has 0 atom stereocenters. The summed E-state index contributed by atoms with van der Waals surface area (Å²) in [6, 6.07) is 19.8. The van der Waals surface area contributed by atoms with Crippen LogP contribution in [0.15, 0.2) is 81.1 Å². The van der Waals surface area contributed by atoms with Gasteiger partial charge >= 0.3 is 8.56 Å². The predicted molar refractivity (Wildman–Crippen MR) is 124 cm³/mol. The van der Waals surface area contributed by atoms with Crippen LogP contribution in [0.2, 0.25) is 0 Å². The van der Waals surface area contributed by atoms with E-state index in [1.807, 2.05) is 88.4 Å². The molecule has 6 nitrogen and oxygen atoms in total. The summed E-state index contributed by atoms with van der Waals surface area (Å²) in [4.78, 5) is 0. The van der Waals surface area contributed by atoms with E-state index in [9.17, 15) is 0 Å². The SMILES string of the molecule is CC(C)=N/N=C(\C)O[Si](O/C(C)=N/N=C(C)C)(c1ccccc1)c1ccccc1. The topological polar surface area (TPSA) is 67.9 Å². The van der Waals surface area contributed by atoms with Crippen LogP contribution in [-0.4, -0.2) is 31.8 Å². The molecule has 0 bridgehead atoms. The van der Waals surface area contributed by atoms with Crippen LogP contribution in [0.4, 0.5) is 0 Å². The van der Waals surface area contributed by atoms with Gasteiger partial charge in [0.25, 0.3) is 0 Å². The molecule has 0 heterocycles. The number of hydrogen-bond donors (Lipinski definition) is 0. The van der Waals surface area contributed by atoms with E-state index < -0.39 is 8.56 Å². The molecule has 0 amide bonds. The molecular weight excluding hydrogens is 380 g/mol. The fourth-order valence-corrected chi connectivity index (χ4v) is 5.56. The molecule has 2 aromatic rings. The van der Waals surface area contributed by atoms with Gasteiger partial charge < -0.3 is 8.85 Å². The van der Waals surface area contributed by atoms with Gasteiger partial charge in [-0.1, -0.05) is 60.7 Å². The average molecular weight is 409 g/mol.